The fourth-order valence-electron chi connectivity index (χ4n) is 1.55. The van der Waals surface area contributed by atoms with E-state index in [1.165, 1.54) is 0 Å². The third-order valence-electron chi connectivity index (χ3n) is 2.52. The van der Waals surface area contributed by atoms with E-state index in [0.717, 1.165) is 17.3 Å². The molecule has 0 atom stereocenters. The first kappa shape index (κ1) is 14.1. The fraction of sp³-hybridized carbons (Fsp3) is 0.0667. The monoisotopic (exact) mass is 287 g/mol. The highest BCUT2D eigenvalue weighted by Gasteiger charge is 2.25. The Labute approximate surface area is 120 Å². The van der Waals surface area contributed by atoms with Crippen molar-refractivity contribution >= 4 is 34.6 Å². The average molecular weight is 287 g/mol. The highest BCUT2D eigenvalue weighted by Crippen LogP contribution is 2.27. The quantitative estimate of drug-likeness (QED) is 0.677. The number of hydrogen-bond acceptors (Lipinski definition) is 4. The summed E-state index contributed by atoms with van der Waals surface area (Å²) in [7, 11) is 0. The Bertz CT molecular complexity index is 650. The van der Waals surface area contributed by atoms with Crippen molar-refractivity contribution in [2.45, 2.75) is 6.92 Å². The van der Waals surface area contributed by atoms with Gasteiger partial charge in [-0.05, 0) is 36.4 Å². The zero-order chi connectivity index (χ0) is 14.5. The van der Waals surface area contributed by atoms with Crippen LogP contribution < -0.4 is 5.32 Å². The van der Waals surface area contributed by atoms with Crippen molar-refractivity contribution < 1.29 is 14.0 Å². The van der Waals surface area contributed by atoms with Gasteiger partial charge in [-0.2, -0.15) is 0 Å². The fourth-order valence-corrected chi connectivity index (χ4v) is 2.22. The number of nitrogens with one attached hydrogen (secondary N) is 1. The number of amides is 2. The van der Waals surface area contributed by atoms with Crippen molar-refractivity contribution in [1.29, 1.82) is 0 Å². The molecule has 0 spiro atoms. The van der Waals surface area contributed by atoms with Gasteiger partial charge >= 0.3 is 0 Å². The maximum absolute atomic E-state index is 11.4. The van der Waals surface area contributed by atoms with Crippen LogP contribution in [0.1, 0.15) is 18.4 Å². The molecule has 1 aliphatic rings. The minimum absolute atomic E-state index is 0.337. The molecular formula is C15H13NO3S. The van der Waals surface area contributed by atoms with Crippen LogP contribution in [0.15, 0.2) is 52.3 Å². The summed E-state index contributed by atoms with van der Waals surface area (Å²) in [5.41, 5.74) is 0.951. The standard InChI is InChI=1S/C15H13NO3S/c1-3-4-5-6-10(2)12-8-7-11(19-12)9-13-14(17)16-15(18)20-13/h3-9H,1H2,2H3,(H,16,17,18)/b5-4-,10-6+,13-9-. The molecular weight excluding hydrogens is 274 g/mol. The predicted octanol–water partition coefficient (Wildman–Crippen LogP) is 3.75. The maximum atomic E-state index is 11.4. The molecule has 1 aromatic heterocycles. The van der Waals surface area contributed by atoms with Crippen LogP contribution in [-0.4, -0.2) is 11.1 Å². The molecule has 0 aliphatic carbocycles. The number of carbonyl (C=O) groups excluding carboxylic acids is 2. The first-order chi connectivity index (χ1) is 9.60. The van der Waals surface area contributed by atoms with Gasteiger partial charge in [0.15, 0.2) is 0 Å². The Morgan fingerprint density at radius 1 is 1.35 bits per heavy atom. The molecule has 0 aromatic carbocycles. The predicted molar refractivity (Wildman–Crippen MR) is 80.8 cm³/mol. The van der Waals surface area contributed by atoms with Gasteiger partial charge in [0.05, 0.1) is 4.91 Å². The molecule has 102 valence electrons. The maximum Gasteiger partial charge on any atom is 0.290 e. The van der Waals surface area contributed by atoms with Crippen LogP contribution in [0.5, 0.6) is 0 Å². The lowest BCUT2D eigenvalue weighted by Crippen LogP contribution is -2.17. The molecule has 20 heavy (non-hydrogen) atoms. The molecule has 5 heteroatoms. The molecule has 2 rings (SSSR count). The van der Waals surface area contributed by atoms with Crippen molar-refractivity contribution in [2.24, 2.45) is 0 Å². The lowest BCUT2D eigenvalue weighted by molar-refractivity contribution is -0.115. The van der Waals surface area contributed by atoms with Gasteiger partial charge in [-0.3, -0.25) is 14.9 Å². The minimum Gasteiger partial charge on any atom is -0.457 e. The number of carbonyl (C=O) groups is 2. The second kappa shape index (κ2) is 6.25. The van der Waals surface area contributed by atoms with E-state index in [0.29, 0.717) is 16.4 Å². The molecule has 1 fully saturated rings. The van der Waals surface area contributed by atoms with Crippen molar-refractivity contribution in [2.75, 3.05) is 0 Å². The lowest BCUT2D eigenvalue weighted by Gasteiger charge is -1.94. The number of allylic oxidation sites excluding steroid dienone is 5. The van der Waals surface area contributed by atoms with Gasteiger partial charge in [0.2, 0.25) is 0 Å². The van der Waals surface area contributed by atoms with Crippen molar-refractivity contribution in [1.82, 2.24) is 5.32 Å². The van der Waals surface area contributed by atoms with Crippen LogP contribution >= 0.6 is 11.8 Å². The van der Waals surface area contributed by atoms with Crippen LogP contribution in [-0.2, 0) is 4.79 Å². The summed E-state index contributed by atoms with van der Waals surface area (Å²) < 4.78 is 5.61. The summed E-state index contributed by atoms with van der Waals surface area (Å²) in [6.45, 7) is 5.51. The van der Waals surface area contributed by atoms with E-state index in [4.69, 9.17) is 4.42 Å². The summed E-state index contributed by atoms with van der Waals surface area (Å²) >= 11 is 0.868. The summed E-state index contributed by atoms with van der Waals surface area (Å²) in [4.78, 5) is 22.8. The molecule has 2 amide bonds. The van der Waals surface area contributed by atoms with Crippen LogP contribution in [0.2, 0.25) is 0 Å². The van der Waals surface area contributed by atoms with Gasteiger partial charge < -0.3 is 4.42 Å². The Hall–Kier alpha value is -2.27. The number of thioether (sulfide) groups is 1. The second-order valence-corrected chi connectivity index (χ2v) is 5.04. The van der Waals surface area contributed by atoms with Crippen molar-refractivity contribution in [3.63, 3.8) is 0 Å². The molecule has 1 saturated heterocycles. The first-order valence-corrected chi connectivity index (χ1v) is 6.73. The normalized spacial score (nSPS) is 18.1. The van der Waals surface area contributed by atoms with E-state index in [2.05, 4.69) is 11.9 Å². The first-order valence-electron chi connectivity index (χ1n) is 5.91. The Morgan fingerprint density at radius 2 is 2.15 bits per heavy atom. The smallest absolute Gasteiger partial charge is 0.290 e. The van der Waals surface area contributed by atoms with E-state index in [9.17, 15) is 9.59 Å². The van der Waals surface area contributed by atoms with Gasteiger partial charge in [0.1, 0.15) is 11.5 Å². The van der Waals surface area contributed by atoms with Gasteiger partial charge in [0, 0.05) is 6.08 Å². The number of rotatable bonds is 4. The summed E-state index contributed by atoms with van der Waals surface area (Å²) in [5.74, 6) is 0.854. The molecule has 0 saturated carbocycles. The largest absolute Gasteiger partial charge is 0.457 e. The van der Waals surface area contributed by atoms with Crippen molar-refractivity contribution in [3.05, 3.63) is 59.4 Å². The molecule has 1 aliphatic heterocycles. The van der Waals surface area contributed by atoms with Crippen molar-refractivity contribution in [3.8, 4) is 0 Å². The Morgan fingerprint density at radius 3 is 2.80 bits per heavy atom. The summed E-state index contributed by atoms with van der Waals surface area (Å²) in [6, 6.07) is 3.58. The second-order valence-electron chi connectivity index (χ2n) is 4.02. The molecule has 2 heterocycles. The Kier molecular flexibility index (Phi) is 4.42. The third-order valence-corrected chi connectivity index (χ3v) is 3.33. The number of imide groups is 1. The SMILES string of the molecule is C=C/C=C\C=C(/C)c1ccc(/C=C2\SC(=O)NC2=O)o1. The van der Waals surface area contributed by atoms with Gasteiger partial charge in [-0.15, -0.1) is 0 Å². The number of furan rings is 1. The van der Waals surface area contributed by atoms with E-state index in [1.807, 2.05) is 31.2 Å². The zero-order valence-electron chi connectivity index (χ0n) is 10.9. The van der Waals surface area contributed by atoms with E-state index in [-0.39, 0.29) is 11.1 Å². The van der Waals surface area contributed by atoms with Gasteiger partial charge in [-0.25, -0.2) is 0 Å². The average Bonchev–Trinajstić information content (AvgIpc) is 2.98. The van der Waals surface area contributed by atoms with E-state index in [1.54, 1.807) is 18.2 Å². The van der Waals surface area contributed by atoms with Gasteiger partial charge in [-0.1, -0.05) is 30.9 Å². The summed E-state index contributed by atoms with van der Waals surface area (Å²) in [6.07, 6.45) is 8.83. The van der Waals surface area contributed by atoms with E-state index < -0.39 is 0 Å². The Balaban J connectivity index is 2.17. The minimum atomic E-state index is -0.390. The molecule has 0 bridgehead atoms. The summed E-state index contributed by atoms with van der Waals surface area (Å²) in [5, 5.41) is 1.83. The highest BCUT2D eigenvalue weighted by molar-refractivity contribution is 8.18. The zero-order valence-corrected chi connectivity index (χ0v) is 11.7. The molecule has 4 nitrogen and oxygen atoms in total. The molecule has 1 N–H and O–H groups in total. The lowest BCUT2D eigenvalue weighted by atomic mass is 10.2. The number of hydrogen-bond donors (Lipinski definition) is 1. The highest BCUT2D eigenvalue weighted by atomic mass is 32.2. The topological polar surface area (TPSA) is 59.3 Å². The molecule has 0 radical (unpaired) electrons. The van der Waals surface area contributed by atoms with Gasteiger partial charge in [0.25, 0.3) is 11.1 Å². The molecule has 1 aromatic rings. The van der Waals surface area contributed by atoms with Crippen LogP contribution in [0.3, 0.4) is 0 Å². The third kappa shape index (κ3) is 3.39. The molecule has 0 unspecified atom stereocenters. The van der Waals surface area contributed by atoms with Crippen LogP contribution in [0.4, 0.5) is 4.79 Å². The van der Waals surface area contributed by atoms with E-state index >= 15 is 0 Å². The van der Waals surface area contributed by atoms with Crippen LogP contribution in [0, 0.1) is 0 Å². The van der Waals surface area contributed by atoms with Crippen LogP contribution in [0.25, 0.3) is 11.6 Å².